The van der Waals surface area contributed by atoms with E-state index in [1.54, 1.807) is 48.5 Å². The van der Waals surface area contributed by atoms with Gasteiger partial charge in [-0.3, -0.25) is 9.10 Å². The third kappa shape index (κ3) is 7.49. The average molecular weight is 511 g/mol. The maximum Gasteiger partial charge on any atom is 0.264 e. The first-order valence-electron chi connectivity index (χ1n) is 11.9. The number of rotatable bonds is 12. The number of sulfonamides is 1. The fourth-order valence-electron chi connectivity index (χ4n) is 3.65. The van der Waals surface area contributed by atoms with Crippen LogP contribution in [0.1, 0.15) is 31.4 Å². The highest BCUT2D eigenvalue weighted by Crippen LogP contribution is 2.26. The third-order valence-corrected chi connectivity index (χ3v) is 7.28. The molecule has 1 amide bonds. The summed E-state index contributed by atoms with van der Waals surface area (Å²) in [7, 11) is -2.42. The Morgan fingerprint density at radius 1 is 0.972 bits per heavy atom. The molecule has 0 spiro atoms. The van der Waals surface area contributed by atoms with Crippen LogP contribution < -0.4 is 19.1 Å². The van der Waals surface area contributed by atoms with Gasteiger partial charge in [0.25, 0.3) is 10.0 Å². The van der Waals surface area contributed by atoms with Crippen LogP contribution in [0.4, 0.5) is 5.69 Å². The molecule has 0 aromatic heterocycles. The number of hydrogen-bond acceptors (Lipinski definition) is 5. The largest absolute Gasteiger partial charge is 0.497 e. The van der Waals surface area contributed by atoms with E-state index in [9.17, 15) is 13.2 Å². The summed E-state index contributed by atoms with van der Waals surface area (Å²) in [5.41, 5.74) is 2.45. The number of nitrogens with one attached hydrogen (secondary N) is 1. The van der Waals surface area contributed by atoms with Gasteiger partial charge in [-0.25, -0.2) is 8.42 Å². The normalized spacial score (nSPS) is 11.2. The molecule has 0 aliphatic carbocycles. The monoisotopic (exact) mass is 510 g/mol. The molecular formula is C28H34N2O5S. The Hall–Kier alpha value is -3.52. The highest BCUT2D eigenvalue weighted by atomic mass is 32.2. The van der Waals surface area contributed by atoms with Gasteiger partial charge in [0.2, 0.25) is 5.91 Å². The summed E-state index contributed by atoms with van der Waals surface area (Å²) in [4.78, 5) is 12.9. The number of benzene rings is 3. The van der Waals surface area contributed by atoms with Crippen LogP contribution in [0.3, 0.4) is 0 Å². The molecule has 1 N–H and O–H groups in total. The van der Waals surface area contributed by atoms with Gasteiger partial charge in [0.1, 0.15) is 18.0 Å². The summed E-state index contributed by atoms with van der Waals surface area (Å²) in [5, 5.41) is 2.85. The molecule has 36 heavy (non-hydrogen) atoms. The molecule has 8 heteroatoms. The number of amides is 1. The number of ether oxygens (including phenoxy) is 2. The Kier molecular flexibility index (Phi) is 9.36. The first kappa shape index (κ1) is 27.1. The van der Waals surface area contributed by atoms with Gasteiger partial charge < -0.3 is 14.8 Å². The summed E-state index contributed by atoms with van der Waals surface area (Å²) >= 11 is 0. The maximum atomic E-state index is 13.5. The molecule has 3 rings (SSSR count). The Morgan fingerprint density at radius 3 is 2.31 bits per heavy atom. The molecule has 0 heterocycles. The van der Waals surface area contributed by atoms with E-state index in [4.69, 9.17) is 9.47 Å². The van der Waals surface area contributed by atoms with Gasteiger partial charge in [-0.05, 0) is 87.7 Å². The number of methoxy groups -OCH3 is 1. The first-order valence-corrected chi connectivity index (χ1v) is 13.4. The zero-order chi connectivity index (χ0) is 26.1. The van der Waals surface area contributed by atoms with Crippen molar-refractivity contribution >= 4 is 21.6 Å². The molecule has 0 aliphatic rings. The van der Waals surface area contributed by atoms with E-state index in [0.717, 1.165) is 27.6 Å². The van der Waals surface area contributed by atoms with Crippen LogP contribution in [0.25, 0.3) is 0 Å². The highest BCUT2D eigenvalue weighted by molar-refractivity contribution is 7.92. The number of aryl methyl sites for hydroxylation is 2. The van der Waals surface area contributed by atoms with Crippen LogP contribution >= 0.6 is 0 Å². The molecule has 192 valence electrons. The fourth-order valence-corrected chi connectivity index (χ4v) is 5.08. The summed E-state index contributed by atoms with van der Waals surface area (Å²) in [6.07, 6.45) is 1.58. The second-order valence-corrected chi connectivity index (χ2v) is 10.7. The fraction of sp³-hybridized carbons (Fsp3) is 0.321. The SMILES string of the molecule is COc1ccc(N(CC(=O)NCCCc2cccc(OC(C)C)c2)S(=O)(=O)c2ccc(C)cc2)cc1. The van der Waals surface area contributed by atoms with Crippen molar-refractivity contribution < 1.29 is 22.7 Å². The molecule has 0 radical (unpaired) electrons. The maximum absolute atomic E-state index is 13.5. The van der Waals surface area contributed by atoms with Crippen molar-refractivity contribution in [1.82, 2.24) is 5.32 Å². The van der Waals surface area contributed by atoms with Crippen molar-refractivity contribution in [3.63, 3.8) is 0 Å². The molecule has 3 aromatic rings. The van der Waals surface area contributed by atoms with E-state index in [0.29, 0.717) is 24.4 Å². The van der Waals surface area contributed by atoms with Crippen molar-refractivity contribution in [3.05, 3.63) is 83.9 Å². The molecule has 7 nitrogen and oxygen atoms in total. The number of carbonyl (C=O) groups is 1. The van der Waals surface area contributed by atoms with E-state index in [-0.39, 0.29) is 23.5 Å². The molecule has 3 aromatic carbocycles. The molecule has 0 saturated heterocycles. The Bertz CT molecular complexity index is 1240. The van der Waals surface area contributed by atoms with Crippen molar-refractivity contribution in [1.29, 1.82) is 0 Å². The van der Waals surface area contributed by atoms with Crippen LogP contribution in [0.5, 0.6) is 11.5 Å². The van der Waals surface area contributed by atoms with Gasteiger partial charge in [-0.15, -0.1) is 0 Å². The molecule has 0 atom stereocenters. The predicted molar refractivity (Wildman–Crippen MR) is 142 cm³/mol. The molecule has 0 fully saturated rings. The Morgan fingerprint density at radius 2 is 1.67 bits per heavy atom. The molecular weight excluding hydrogens is 476 g/mol. The summed E-state index contributed by atoms with van der Waals surface area (Å²) in [6, 6.07) is 21.1. The Balaban J connectivity index is 1.66. The lowest BCUT2D eigenvalue weighted by atomic mass is 10.1. The van der Waals surface area contributed by atoms with Gasteiger partial charge in [-0.2, -0.15) is 0 Å². The summed E-state index contributed by atoms with van der Waals surface area (Å²) in [6.45, 7) is 5.95. The molecule has 0 aliphatic heterocycles. The van der Waals surface area contributed by atoms with Crippen LogP contribution in [0, 0.1) is 6.92 Å². The Labute approximate surface area is 214 Å². The van der Waals surface area contributed by atoms with Gasteiger partial charge in [0, 0.05) is 6.54 Å². The number of anilines is 1. The van der Waals surface area contributed by atoms with E-state index in [1.807, 2.05) is 45.0 Å². The smallest absolute Gasteiger partial charge is 0.264 e. The van der Waals surface area contributed by atoms with Crippen LogP contribution in [-0.2, 0) is 21.2 Å². The summed E-state index contributed by atoms with van der Waals surface area (Å²) < 4.78 is 39.0. The van der Waals surface area contributed by atoms with Crippen molar-refractivity contribution in [3.8, 4) is 11.5 Å². The second kappa shape index (κ2) is 12.4. The number of nitrogens with zero attached hydrogens (tertiary/aromatic N) is 1. The third-order valence-electron chi connectivity index (χ3n) is 5.49. The lowest BCUT2D eigenvalue weighted by Crippen LogP contribution is -2.41. The lowest BCUT2D eigenvalue weighted by Gasteiger charge is -2.24. The number of hydrogen-bond donors (Lipinski definition) is 1. The summed E-state index contributed by atoms with van der Waals surface area (Å²) in [5.74, 6) is 1.04. The predicted octanol–water partition coefficient (Wildman–Crippen LogP) is 4.74. The number of carbonyl (C=O) groups excluding carboxylic acids is 1. The van der Waals surface area contributed by atoms with Gasteiger partial charge in [0.05, 0.1) is 23.8 Å². The van der Waals surface area contributed by atoms with Crippen LogP contribution in [0.2, 0.25) is 0 Å². The molecule has 0 unspecified atom stereocenters. The van der Waals surface area contributed by atoms with E-state index in [1.165, 1.54) is 7.11 Å². The van der Waals surface area contributed by atoms with Gasteiger partial charge in [-0.1, -0.05) is 29.8 Å². The van der Waals surface area contributed by atoms with Gasteiger partial charge >= 0.3 is 0 Å². The van der Waals surface area contributed by atoms with E-state index in [2.05, 4.69) is 5.32 Å². The average Bonchev–Trinajstić information content (AvgIpc) is 2.85. The zero-order valence-electron chi connectivity index (χ0n) is 21.2. The quantitative estimate of drug-likeness (QED) is 0.356. The van der Waals surface area contributed by atoms with Crippen molar-refractivity contribution in [2.75, 3.05) is 24.5 Å². The minimum absolute atomic E-state index is 0.101. The molecule has 0 saturated carbocycles. The minimum Gasteiger partial charge on any atom is -0.497 e. The van der Waals surface area contributed by atoms with Crippen LogP contribution in [-0.4, -0.2) is 40.6 Å². The first-order chi connectivity index (χ1) is 17.2. The van der Waals surface area contributed by atoms with Gasteiger partial charge in [0.15, 0.2) is 0 Å². The lowest BCUT2D eigenvalue weighted by molar-refractivity contribution is -0.119. The van der Waals surface area contributed by atoms with E-state index < -0.39 is 10.0 Å². The zero-order valence-corrected chi connectivity index (χ0v) is 22.0. The second-order valence-electron chi connectivity index (χ2n) is 8.79. The van der Waals surface area contributed by atoms with E-state index >= 15 is 0 Å². The van der Waals surface area contributed by atoms with Crippen LogP contribution in [0.15, 0.2) is 77.7 Å². The topological polar surface area (TPSA) is 84.9 Å². The highest BCUT2D eigenvalue weighted by Gasteiger charge is 2.27. The minimum atomic E-state index is -3.96. The van der Waals surface area contributed by atoms with Crippen molar-refractivity contribution in [2.24, 2.45) is 0 Å². The molecule has 0 bridgehead atoms. The standard InChI is InChI=1S/C28H34N2O5S/c1-21(2)35-26-9-5-7-23(19-26)8-6-18-29-28(31)20-30(24-12-14-25(34-4)15-13-24)36(32,33)27-16-10-22(3)11-17-27/h5,7,9-17,19,21H,6,8,18,20H2,1-4H3,(H,29,31). The van der Waals surface area contributed by atoms with Crippen molar-refractivity contribution in [2.45, 2.75) is 44.6 Å².